The molecular weight excluding hydrogens is 479 g/mol. The van der Waals surface area contributed by atoms with Crippen LogP contribution in [0.1, 0.15) is 81.8 Å². The first-order valence-electron chi connectivity index (χ1n) is 12.6. The molecule has 1 aliphatic heterocycles. The third-order valence-corrected chi connectivity index (χ3v) is 7.36. The summed E-state index contributed by atoms with van der Waals surface area (Å²) >= 11 is 0. The van der Waals surface area contributed by atoms with Crippen molar-refractivity contribution in [2.24, 2.45) is 5.41 Å². The fourth-order valence-corrected chi connectivity index (χ4v) is 4.94. The number of carbonyl (C=O) groups excluding carboxylic acids is 1. The normalized spacial score (nSPS) is 16.2. The highest BCUT2D eigenvalue weighted by atomic mass is 19.3. The van der Waals surface area contributed by atoms with Crippen LogP contribution in [0.4, 0.5) is 19.0 Å². The van der Waals surface area contributed by atoms with Crippen LogP contribution in [0.5, 0.6) is 0 Å². The Morgan fingerprint density at radius 1 is 1.16 bits per heavy atom. The number of hydrogen-bond donors (Lipinski definition) is 1. The molecular formula is C28H34F3N5O. The van der Waals surface area contributed by atoms with Crippen molar-refractivity contribution in [2.45, 2.75) is 72.3 Å². The minimum absolute atomic E-state index is 0.0808. The second-order valence-corrected chi connectivity index (χ2v) is 10.9. The number of halogens is 3. The molecule has 0 radical (unpaired) electrons. The van der Waals surface area contributed by atoms with Gasteiger partial charge in [-0.25, -0.2) is 28.1 Å². The first-order valence-corrected chi connectivity index (χ1v) is 12.6. The standard InChI is InChI=1S/C28H34F3N5O/c1-16(20-8-7-9-23(24(20)29)28(30,31)27(4,5)6)34-25-22-14-21(17(2)35-26(22)33-15-32-25)19-10-12-36(13-11-19)18(3)37/h7-9,14-16,19H,10-13H2,1-6H3,(H,32,33,34,35)/t16-/m1/s1. The Hall–Kier alpha value is -3.23. The van der Waals surface area contributed by atoms with E-state index in [4.69, 9.17) is 4.98 Å². The molecule has 1 fully saturated rings. The average molecular weight is 514 g/mol. The number of anilines is 1. The summed E-state index contributed by atoms with van der Waals surface area (Å²) in [4.78, 5) is 26.9. The molecule has 6 nitrogen and oxygen atoms in total. The summed E-state index contributed by atoms with van der Waals surface area (Å²) in [5, 5.41) is 3.88. The van der Waals surface area contributed by atoms with Crippen LogP contribution in [0, 0.1) is 18.2 Å². The number of likely N-dealkylation sites (tertiary alicyclic amines) is 1. The zero-order valence-electron chi connectivity index (χ0n) is 22.2. The molecule has 1 N–H and O–H groups in total. The summed E-state index contributed by atoms with van der Waals surface area (Å²) in [5.41, 5.74) is 0.515. The van der Waals surface area contributed by atoms with E-state index < -0.39 is 28.8 Å². The number of carbonyl (C=O) groups is 1. The number of nitrogens with zero attached hydrogens (tertiary/aromatic N) is 4. The summed E-state index contributed by atoms with van der Waals surface area (Å²) in [5.74, 6) is -3.49. The van der Waals surface area contributed by atoms with E-state index in [9.17, 15) is 4.79 Å². The van der Waals surface area contributed by atoms with Gasteiger partial charge in [0.25, 0.3) is 5.92 Å². The first-order chi connectivity index (χ1) is 17.3. The number of fused-ring (bicyclic) bond motifs is 1. The smallest absolute Gasteiger partial charge is 0.280 e. The van der Waals surface area contributed by atoms with Gasteiger partial charge < -0.3 is 10.2 Å². The lowest BCUT2D eigenvalue weighted by atomic mass is 9.82. The Labute approximate surface area is 215 Å². The third kappa shape index (κ3) is 5.13. The van der Waals surface area contributed by atoms with Crippen LogP contribution < -0.4 is 5.32 Å². The van der Waals surface area contributed by atoms with Crippen molar-refractivity contribution in [3.05, 3.63) is 58.8 Å². The second-order valence-electron chi connectivity index (χ2n) is 10.9. The molecule has 0 spiro atoms. The lowest BCUT2D eigenvalue weighted by Gasteiger charge is -2.32. The molecule has 1 aliphatic rings. The SMILES string of the molecule is CC(=O)N1CCC(c2cc3c(N[C@H](C)c4cccc(C(F)(F)C(C)(C)C)c4F)ncnc3nc2C)CC1. The quantitative estimate of drug-likeness (QED) is 0.421. The van der Waals surface area contributed by atoms with E-state index in [0.717, 1.165) is 30.2 Å². The number of rotatable bonds is 5. The largest absolute Gasteiger partial charge is 0.363 e. The molecule has 37 heavy (non-hydrogen) atoms. The van der Waals surface area contributed by atoms with Crippen molar-refractivity contribution in [1.82, 2.24) is 19.9 Å². The zero-order chi connectivity index (χ0) is 27.1. The van der Waals surface area contributed by atoms with E-state index in [-0.39, 0.29) is 17.4 Å². The summed E-state index contributed by atoms with van der Waals surface area (Å²) < 4.78 is 45.5. The highest BCUT2D eigenvalue weighted by Gasteiger charge is 2.47. The molecule has 4 rings (SSSR count). The first kappa shape index (κ1) is 26.8. The van der Waals surface area contributed by atoms with Crippen LogP contribution in [-0.4, -0.2) is 38.8 Å². The number of pyridine rings is 1. The molecule has 0 saturated carbocycles. The van der Waals surface area contributed by atoms with Crippen LogP contribution in [0.2, 0.25) is 0 Å². The maximum atomic E-state index is 15.4. The Morgan fingerprint density at radius 2 is 1.84 bits per heavy atom. The number of piperidine rings is 1. The van der Waals surface area contributed by atoms with E-state index in [1.165, 1.54) is 39.2 Å². The van der Waals surface area contributed by atoms with Crippen molar-refractivity contribution in [3.8, 4) is 0 Å². The van der Waals surface area contributed by atoms with Crippen molar-refractivity contribution in [1.29, 1.82) is 0 Å². The molecule has 9 heteroatoms. The topological polar surface area (TPSA) is 71.0 Å². The van der Waals surface area contributed by atoms with E-state index in [1.807, 2.05) is 17.9 Å². The van der Waals surface area contributed by atoms with Crippen molar-refractivity contribution >= 4 is 22.8 Å². The van der Waals surface area contributed by atoms with Gasteiger partial charge in [0.15, 0.2) is 5.65 Å². The van der Waals surface area contributed by atoms with E-state index in [1.54, 1.807) is 13.8 Å². The molecule has 3 aromatic rings. The summed E-state index contributed by atoms with van der Waals surface area (Å²) in [6, 6.07) is 5.49. The number of alkyl halides is 2. The van der Waals surface area contributed by atoms with E-state index in [2.05, 4.69) is 15.3 Å². The molecule has 1 saturated heterocycles. The van der Waals surface area contributed by atoms with E-state index >= 15 is 13.2 Å². The van der Waals surface area contributed by atoms with Gasteiger partial charge in [0, 0.05) is 36.7 Å². The van der Waals surface area contributed by atoms with Crippen LogP contribution >= 0.6 is 0 Å². The van der Waals surface area contributed by atoms with Crippen LogP contribution in [-0.2, 0) is 10.7 Å². The lowest BCUT2D eigenvalue weighted by molar-refractivity contribution is -0.129. The van der Waals surface area contributed by atoms with Crippen molar-refractivity contribution in [3.63, 3.8) is 0 Å². The minimum atomic E-state index is -3.34. The second kappa shape index (κ2) is 9.91. The Balaban J connectivity index is 1.66. The molecule has 2 aromatic heterocycles. The van der Waals surface area contributed by atoms with Gasteiger partial charge in [-0.15, -0.1) is 0 Å². The Morgan fingerprint density at radius 3 is 2.46 bits per heavy atom. The fourth-order valence-electron chi connectivity index (χ4n) is 4.94. The van der Waals surface area contributed by atoms with Gasteiger partial charge in [-0.2, -0.15) is 0 Å². The van der Waals surface area contributed by atoms with Crippen molar-refractivity contribution < 1.29 is 18.0 Å². The summed E-state index contributed by atoms with van der Waals surface area (Å²) in [6.07, 6.45) is 3.05. The molecule has 198 valence electrons. The van der Waals surface area contributed by atoms with Gasteiger partial charge in [-0.3, -0.25) is 4.79 Å². The lowest BCUT2D eigenvalue weighted by Crippen LogP contribution is -2.36. The highest BCUT2D eigenvalue weighted by Crippen LogP contribution is 2.46. The van der Waals surface area contributed by atoms with Gasteiger partial charge in [0.05, 0.1) is 17.0 Å². The number of aromatic nitrogens is 3. The number of amides is 1. The highest BCUT2D eigenvalue weighted by molar-refractivity contribution is 5.87. The average Bonchev–Trinajstić information content (AvgIpc) is 2.83. The van der Waals surface area contributed by atoms with Crippen LogP contribution in [0.15, 0.2) is 30.6 Å². The number of benzene rings is 1. The third-order valence-electron chi connectivity index (χ3n) is 7.36. The van der Waals surface area contributed by atoms with Gasteiger partial charge in [0.1, 0.15) is 18.0 Å². The maximum Gasteiger partial charge on any atom is 0.280 e. The van der Waals surface area contributed by atoms with Crippen molar-refractivity contribution in [2.75, 3.05) is 18.4 Å². The van der Waals surface area contributed by atoms with Crippen LogP contribution in [0.3, 0.4) is 0 Å². The number of aryl methyl sites for hydroxylation is 1. The predicted molar refractivity (Wildman–Crippen MR) is 138 cm³/mol. The maximum absolute atomic E-state index is 15.4. The summed E-state index contributed by atoms with van der Waals surface area (Å²) in [7, 11) is 0. The van der Waals surface area contributed by atoms with Crippen LogP contribution in [0.25, 0.3) is 11.0 Å². The summed E-state index contributed by atoms with van der Waals surface area (Å²) in [6.45, 7) is 10.8. The van der Waals surface area contributed by atoms with Gasteiger partial charge >= 0.3 is 0 Å². The molecule has 0 unspecified atom stereocenters. The Bertz CT molecular complexity index is 1310. The molecule has 0 bridgehead atoms. The molecule has 1 atom stereocenters. The van der Waals surface area contributed by atoms with Gasteiger partial charge in [0.2, 0.25) is 5.91 Å². The Kier molecular flexibility index (Phi) is 7.18. The number of hydrogen-bond acceptors (Lipinski definition) is 5. The molecule has 0 aliphatic carbocycles. The van der Waals surface area contributed by atoms with E-state index in [0.29, 0.717) is 29.9 Å². The molecule has 3 heterocycles. The molecule has 1 amide bonds. The molecule has 1 aromatic carbocycles. The predicted octanol–water partition coefficient (Wildman–Crippen LogP) is 6.51. The van der Waals surface area contributed by atoms with Gasteiger partial charge in [-0.05, 0) is 44.2 Å². The number of nitrogens with one attached hydrogen (secondary N) is 1. The van der Waals surface area contributed by atoms with Gasteiger partial charge in [-0.1, -0.05) is 39.0 Å². The fraction of sp³-hybridized carbons (Fsp3) is 0.500. The zero-order valence-corrected chi connectivity index (χ0v) is 22.2. The minimum Gasteiger partial charge on any atom is -0.363 e. The monoisotopic (exact) mass is 513 g/mol.